The summed E-state index contributed by atoms with van der Waals surface area (Å²) in [5.41, 5.74) is 6.37. The van der Waals surface area contributed by atoms with Gasteiger partial charge in [-0.3, -0.25) is 4.79 Å². The Hall–Kier alpha value is -1.55. The predicted molar refractivity (Wildman–Crippen MR) is 77.2 cm³/mol. The van der Waals surface area contributed by atoms with Crippen molar-refractivity contribution in [2.24, 2.45) is 11.1 Å². The van der Waals surface area contributed by atoms with E-state index in [-0.39, 0.29) is 5.91 Å². The van der Waals surface area contributed by atoms with Crippen LogP contribution in [0, 0.1) is 5.41 Å². The lowest BCUT2D eigenvalue weighted by atomic mass is 9.86. The second-order valence-electron chi connectivity index (χ2n) is 4.97. The summed E-state index contributed by atoms with van der Waals surface area (Å²) < 4.78 is 5.10. The fourth-order valence-corrected chi connectivity index (χ4v) is 1.72. The summed E-state index contributed by atoms with van der Waals surface area (Å²) in [7, 11) is 1.65. The van der Waals surface area contributed by atoms with E-state index in [1.54, 1.807) is 7.11 Å². The Morgan fingerprint density at radius 3 is 2.47 bits per heavy atom. The molecule has 4 heteroatoms. The second-order valence-corrected chi connectivity index (χ2v) is 4.97. The molecule has 0 aromatic heterocycles. The van der Waals surface area contributed by atoms with Gasteiger partial charge in [-0.1, -0.05) is 19.1 Å². The third-order valence-corrected chi connectivity index (χ3v) is 3.64. The quantitative estimate of drug-likeness (QED) is 0.788. The third kappa shape index (κ3) is 4.24. The van der Waals surface area contributed by atoms with Crippen molar-refractivity contribution in [2.75, 3.05) is 20.2 Å². The highest BCUT2D eigenvalue weighted by molar-refractivity contribution is 5.82. The number of carbonyl (C=O) groups excluding carboxylic acids is 1. The zero-order valence-corrected chi connectivity index (χ0v) is 12.0. The summed E-state index contributed by atoms with van der Waals surface area (Å²) in [6.07, 6.45) is 1.55. The molecular formula is C15H24N2O2. The summed E-state index contributed by atoms with van der Waals surface area (Å²) in [4.78, 5) is 12.0. The molecule has 3 N–H and O–H groups in total. The minimum absolute atomic E-state index is 0.0333. The van der Waals surface area contributed by atoms with Crippen LogP contribution in [0.25, 0.3) is 0 Å². The van der Waals surface area contributed by atoms with Crippen molar-refractivity contribution in [3.8, 4) is 5.75 Å². The molecule has 1 unspecified atom stereocenters. The average molecular weight is 264 g/mol. The number of methoxy groups -OCH3 is 1. The molecule has 106 valence electrons. The largest absolute Gasteiger partial charge is 0.497 e. The zero-order chi connectivity index (χ0) is 14.3. The van der Waals surface area contributed by atoms with E-state index in [1.807, 2.05) is 38.1 Å². The molecule has 1 atom stereocenters. The van der Waals surface area contributed by atoms with Crippen LogP contribution >= 0.6 is 0 Å². The first-order valence-electron chi connectivity index (χ1n) is 6.67. The van der Waals surface area contributed by atoms with E-state index in [2.05, 4.69) is 5.32 Å². The molecule has 0 heterocycles. The number of hydrogen-bond donors (Lipinski definition) is 2. The van der Waals surface area contributed by atoms with E-state index in [9.17, 15) is 4.79 Å². The van der Waals surface area contributed by atoms with E-state index in [0.717, 1.165) is 18.6 Å². The van der Waals surface area contributed by atoms with Crippen molar-refractivity contribution >= 4 is 5.91 Å². The summed E-state index contributed by atoms with van der Waals surface area (Å²) >= 11 is 0. The predicted octanol–water partition coefficient (Wildman–Crippen LogP) is 1.73. The SMILES string of the molecule is CCC(C)(CN)C(=O)NCCc1ccc(OC)cc1. The number of amides is 1. The fourth-order valence-electron chi connectivity index (χ4n) is 1.72. The number of nitrogens with two attached hydrogens (primary N) is 1. The fraction of sp³-hybridized carbons (Fsp3) is 0.533. The van der Waals surface area contributed by atoms with Crippen LogP contribution in [0.15, 0.2) is 24.3 Å². The first-order chi connectivity index (χ1) is 9.05. The lowest BCUT2D eigenvalue weighted by Crippen LogP contribution is -2.44. The molecule has 1 aromatic carbocycles. The van der Waals surface area contributed by atoms with Gasteiger partial charge in [0.2, 0.25) is 5.91 Å². The van der Waals surface area contributed by atoms with Crippen molar-refractivity contribution in [3.05, 3.63) is 29.8 Å². The van der Waals surface area contributed by atoms with E-state index in [4.69, 9.17) is 10.5 Å². The normalized spacial score (nSPS) is 13.7. The van der Waals surface area contributed by atoms with Crippen LogP contribution in [0.5, 0.6) is 5.75 Å². The van der Waals surface area contributed by atoms with Gasteiger partial charge in [0.25, 0.3) is 0 Å². The van der Waals surface area contributed by atoms with Gasteiger partial charge in [-0.15, -0.1) is 0 Å². The van der Waals surface area contributed by atoms with Gasteiger partial charge in [0.1, 0.15) is 5.75 Å². The molecule has 1 rings (SSSR count). The first-order valence-corrected chi connectivity index (χ1v) is 6.67. The van der Waals surface area contributed by atoms with Crippen molar-refractivity contribution in [2.45, 2.75) is 26.7 Å². The van der Waals surface area contributed by atoms with Gasteiger partial charge in [-0.05, 0) is 37.5 Å². The maximum Gasteiger partial charge on any atom is 0.227 e. The van der Waals surface area contributed by atoms with E-state index in [1.165, 1.54) is 5.56 Å². The molecule has 0 saturated heterocycles. The Balaban J connectivity index is 2.43. The molecular weight excluding hydrogens is 240 g/mol. The van der Waals surface area contributed by atoms with Crippen LogP contribution < -0.4 is 15.8 Å². The molecule has 0 spiro atoms. The van der Waals surface area contributed by atoms with Crippen LogP contribution in [-0.4, -0.2) is 26.1 Å². The Bertz CT molecular complexity index is 397. The minimum atomic E-state index is -0.458. The highest BCUT2D eigenvalue weighted by Crippen LogP contribution is 2.19. The molecule has 0 fully saturated rings. The number of carbonyl (C=O) groups is 1. The molecule has 0 aliphatic rings. The first kappa shape index (κ1) is 15.5. The molecule has 0 radical (unpaired) electrons. The maximum atomic E-state index is 12.0. The molecule has 19 heavy (non-hydrogen) atoms. The van der Waals surface area contributed by atoms with Crippen molar-refractivity contribution in [1.29, 1.82) is 0 Å². The zero-order valence-electron chi connectivity index (χ0n) is 12.0. The van der Waals surface area contributed by atoms with E-state index >= 15 is 0 Å². The van der Waals surface area contributed by atoms with Gasteiger partial charge >= 0.3 is 0 Å². The van der Waals surface area contributed by atoms with Gasteiger partial charge < -0.3 is 15.8 Å². The summed E-state index contributed by atoms with van der Waals surface area (Å²) in [6, 6.07) is 7.86. The monoisotopic (exact) mass is 264 g/mol. The van der Waals surface area contributed by atoms with E-state index in [0.29, 0.717) is 13.1 Å². The lowest BCUT2D eigenvalue weighted by molar-refractivity contribution is -0.129. The second kappa shape index (κ2) is 7.14. The van der Waals surface area contributed by atoms with Crippen LogP contribution in [0.2, 0.25) is 0 Å². The van der Waals surface area contributed by atoms with E-state index < -0.39 is 5.41 Å². The highest BCUT2D eigenvalue weighted by Gasteiger charge is 2.28. The minimum Gasteiger partial charge on any atom is -0.497 e. The van der Waals surface area contributed by atoms with Gasteiger partial charge in [-0.2, -0.15) is 0 Å². The number of ether oxygens (including phenoxy) is 1. The molecule has 0 saturated carbocycles. The van der Waals surface area contributed by atoms with Gasteiger partial charge in [-0.25, -0.2) is 0 Å². The molecule has 0 aliphatic carbocycles. The van der Waals surface area contributed by atoms with Crippen LogP contribution in [0.4, 0.5) is 0 Å². The average Bonchev–Trinajstić information content (AvgIpc) is 2.47. The van der Waals surface area contributed by atoms with Crippen LogP contribution in [0.1, 0.15) is 25.8 Å². The van der Waals surface area contributed by atoms with Crippen molar-refractivity contribution in [3.63, 3.8) is 0 Å². The topological polar surface area (TPSA) is 64.4 Å². The Morgan fingerprint density at radius 1 is 1.37 bits per heavy atom. The Morgan fingerprint density at radius 2 is 2.00 bits per heavy atom. The molecule has 1 aromatic rings. The lowest BCUT2D eigenvalue weighted by Gasteiger charge is -2.24. The van der Waals surface area contributed by atoms with Gasteiger partial charge in [0.15, 0.2) is 0 Å². The van der Waals surface area contributed by atoms with Gasteiger partial charge in [0, 0.05) is 13.1 Å². The molecule has 0 aliphatic heterocycles. The van der Waals surface area contributed by atoms with Crippen LogP contribution in [0.3, 0.4) is 0 Å². The number of rotatable bonds is 7. The summed E-state index contributed by atoms with van der Waals surface area (Å²) in [5.74, 6) is 0.875. The molecule has 1 amide bonds. The molecule has 4 nitrogen and oxygen atoms in total. The van der Waals surface area contributed by atoms with Gasteiger partial charge in [0.05, 0.1) is 12.5 Å². The number of benzene rings is 1. The third-order valence-electron chi connectivity index (χ3n) is 3.64. The number of hydrogen-bond acceptors (Lipinski definition) is 3. The Kier molecular flexibility index (Phi) is 5.83. The smallest absolute Gasteiger partial charge is 0.227 e. The Labute approximate surface area is 115 Å². The van der Waals surface area contributed by atoms with Crippen molar-refractivity contribution in [1.82, 2.24) is 5.32 Å². The van der Waals surface area contributed by atoms with Crippen LogP contribution in [-0.2, 0) is 11.2 Å². The standard InChI is InChI=1S/C15H24N2O2/c1-4-15(2,11-16)14(18)17-10-9-12-5-7-13(19-3)8-6-12/h5-8H,4,9-11,16H2,1-3H3,(H,17,18). The maximum absolute atomic E-state index is 12.0. The van der Waals surface area contributed by atoms with Crippen molar-refractivity contribution < 1.29 is 9.53 Å². The summed E-state index contributed by atoms with van der Waals surface area (Å²) in [6.45, 7) is 4.88. The molecule has 0 bridgehead atoms. The summed E-state index contributed by atoms with van der Waals surface area (Å²) in [5, 5.41) is 2.95. The number of nitrogens with one attached hydrogen (secondary N) is 1. The highest BCUT2D eigenvalue weighted by atomic mass is 16.5.